The molecule has 0 aliphatic carbocycles. The van der Waals surface area contributed by atoms with E-state index in [1.807, 2.05) is 6.92 Å². The number of hydrogen-bond acceptors (Lipinski definition) is 2. The SMILES string of the molecule is Cc1cc(F)ccc1C(N)c1csc(I)c1. The lowest BCUT2D eigenvalue weighted by Crippen LogP contribution is -2.12. The minimum absolute atomic E-state index is 0.166. The van der Waals surface area contributed by atoms with Crippen LogP contribution in [0.25, 0.3) is 0 Å². The monoisotopic (exact) mass is 347 g/mol. The number of aryl methyl sites for hydroxylation is 1. The van der Waals surface area contributed by atoms with Crippen molar-refractivity contribution in [2.24, 2.45) is 5.73 Å². The first-order valence-corrected chi connectivity index (χ1v) is 6.79. The van der Waals surface area contributed by atoms with Gasteiger partial charge >= 0.3 is 0 Å². The lowest BCUT2D eigenvalue weighted by atomic mass is 9.98. The molecule has 0 spiro atoms. The lowest BCUT2D eigenvalue weighted by molar-refractivity contribution is 0.625. The van der Waals surface area contributed by atoms with Crippen LogP contribution >= 0.6 is 33.9 Å². The fourth-order valence-corrected chi connectivity index (χ4v) is 3.06. The van der Waals surface area contributed by atoms with Crippen LogP contribution < -0.4 is 5.73 Å². The van der Waals surface area contributed by atoms with Crippen molar-refractivity contribution in [3.05, 3.63) is 55.0 Å². The van der Waals surface area contributed by atoms with E-state index in [1.54, 1.807) is 17.4 Å². The topological polar surface area (TPSA) is 26.0 Å². The standard InChI is InChI=1S/C12H11FINS/c1-7-4-9(13)2-3-10(7)12(15)8-5-11(14)16-6-8/h2-6,12H,15H2,1H3. The zero-order chi connectivity index (χ0) is 11.7. The third kappa shape index (κ3) is 2.44. The maximum absolute atomic E-state index is 13.0. The average Bonchev–Trinajstić information content (AvgIpc) is 2.64. The van der Waals surface area contributed by atoms with E-state index in [1.165, 1.54) is 15.0 Å². The summed E-state index contributed by atoms with van der Waals surface area (Å²) in [5.74, 6) is -0.214. The molecule has 1 unspecified atom stereocenters. The van der Waals surface area contributed by atoms with Crippen molar-refractivity contribution in [3.8, 4) is 0 Å². The van der Waals surface area contributed by atoms with Gasteiger partial charge < -0.3 is 5.73 Å². The number of hydrogen-bond donors (Lipinski definition) is 1. The Labute approximate surface area is 112 Å². The molecule has 0 radical (unpaired) electrons. The van der Waals surface area contributed by atoms with Crippen LogP contribution in [0.5, 0.6) is 0 Å². The van der Waals surface area contributed by atoms with Crippen LogP contribution in [-0.2, 0) is 0 Å². The van der Waals surface area contributed by atoms with E-state index >= 15 is 0 Å². The van der Waals surface area contributed by atoms with Gasteiger partial charge in [0, 0.05) is 0 Å². The molecule has 0 fully saturated rings. The van der Waals surface area contributed by atoms with Gasteiger partial charge in [-0.15, -0.1) is 11.3 Å². The summed E-state index contributed by atoms with van der Waals surface area (Å²) in [6.45, 7) is 1.88. The van der Waals surface area contributed by atoms with Crippen molar-refractivity contribution in [2.45, 2.75) is 13.0 Å². The molecule has 1 nitrogen and oxygen atoms in total. The van der Waals surface area contributed by atoms with E-state index in [4.69, 9.17) is 5.73 Å². The Morgan fingerprint density at radius 2 is 2.12 bits per heavy atom. The quantitative estimate of drug-likeness (QED) is 0.821. The highest BCUT2D eigenvalue weighted by molar-refractivity contribution is 14.1. The Bertz CT molecular complexity index is 509. The summed E-state index contributed by atoms with van der Waals surface area (Å²) in [7, 11) is 0. The van der Waals surface area contributed by atoms with Crippen molar-refractivity contribution in [3.63, 3.8) is 0 Å². The second kappa shape index (κ2) is 4.81. The number of rotatable bonds is 2. The molecule has 2 aromatic rings. The Morgan fingerprint density at radius 3 is 2.69 bits per heavy atom. The van der Waals surface area contributed by atoms with Gasteiger partial charge in [0.2, 0.25) is 0 Å². The lowest BCUT2D eigenvalue weighted by Gasteiger charge is -2.13. The highest BCUT2D eigenvalue weighted by Gasteiger charge is 2.13. The maximum Gasteiger partial charge on any atom is 0.123 e. The number of thiophene rings is 1. The minimum atomic E-state index is -0.214. The highest BCUT2D eigenvalue weighted by atomic mass is 127. The molecule has 2 N–H and O–H groups in total. The van der Waals surface area contributed by atoms with Gasteiger partial charge in [-0.2, -0.15) is 0 Å². The Hall–Kier alpha value is -0.460. The van der Waals surface area contributed by atoms with Gasteiger partial charge in [-0.25, -0.2) is 4.39 Å². The van der Waals surface area contributed by atoms with Gasteiger partial charge in [-0.3, -0.25) is 0 Å². The highest BCUT2D eigenvalue weighted by Crippen LogP contribution is 2.27. The molecule has 2 rings (SSSR count). The summed E-state index contributed by atoms with van der Waals surface area (Å²) in [6.07, 6.45) is 0. The summed E-state index contributed by atoms with van der Waals surface area (Å²) >= 11 is 3.94. The zero-order valence-electron chi connectivity index (χ0n) is 8.71. The maximum atomic E-state index is 13.0. The van der Waals surface area contributed by atoms with E-state index in [9.17, 15) is 4.39 Å². The first kappa shape index (κ1) is 12.0. The largest absolute Gasteiger partial charge is 0.320 e. The predicted octanol–water partition coefficient (Wildman–Crippen LogP) is 3.85. The molecule has 0 amide bonds. The molecule has 84 valence electrons. The van der Waals surface area contributed by atoms with Crippen molar-refractivity contribution in [1.82, 2.24) is 0 Å². The summed E-state index contributed by atoms with van der Waals surface area (Å²) in [4.78, 5) is 0. The third-order valence-electron chi connectivity index (χ3n) is 2.51. The van der Waals surface area contributed by atoms with Crippen LogP contribution in [0.15, 0.2) is 29.6 Å². The summed E-state index contributed by atoms with van der Waals surface area (Å²) in [6, 6.07) is 6.64. The molecule has 1 atom stereocenters. The molecule has 0 aliphatic rings. The van der Waals surface area contributed by atoms with Crippen LogP contribution in [0.2, 0.25) is 0 Å². The third-order valence-corrected chi connectivity index (χ3v) is 4.32. The molecule has 0 aliphatic heterocycles. The van der Waals surface area contributed by atoms with Crippen LogP contribution in [-0.4, -0.2) is 0 Å². The van der Waals surface area contributed by atoms with E-state index in [0.29, 0.717) is 0 Å². The number of nitrogens with two attached hydrogens (primary N) is 1. The van der Waals surface area contributed by atoms with Crippen molar-refractivity contribution in [2.75, 3.05) is 0 Å². The van der Waals surface area contributed by atoms with Crippen molar-refractivity contribution >= 4 is 33.9 Å². The first-order chi connectivity index (χ1) is 7.58. The summed E-state index contributed by atoms with van der Waals surface area (Å²) in [5.41, 5.74) is 9.13. The Kier molecular flexibility index (Phi) is 3.61. The Balaban J connectivity index is 2.37. The van der Waals surface area contributed by atoms with E-state index < -0.39 is 0 Å². The molecule has 0 bridgehead atoms. The molecular weight excluding hydrogens is 336 g/mol. The fourth-order valence-electron chi connectivity index (χ4n) is 1.65. The molecule has 4 heteroatoms. The van der Waals surface area contributed by atoms with Gasteiger partial charge in [0.05, 0.1) is 8.93 Å². The number of halogens is 2. The summed E-state index contributed by atoms with van der Waals surface area (Å²) < 4.78 is 14.2. The van der Waals surface area contributed by atoms with Gasteiger partial charge in [-0.05, 0) is 69.8 Å². The van der Waals surface area contributed by atoms with E-state index in [2.05, 4.69) is 34.0 Å². The normalized spacial score (nSPS) is 12.8. The second-order valence-electron chi connectivity index (χ2n) is 3.66. The minimum Gasteiger partial charge on any atom is -0.320 e. The molecule has 0 saturated carbocycles. The first-order valence-electron chi connectivity index (χ1n) is 4.83. The van der Waals surface area contributed by atoms with Crippen LogP contribution in [0, 0.1) is 15.6 Å². The van der Waals surface area contributed by atoms with E-state index in [0.717, 1.165) is 16.7 Å². The molecule has 1 aromatic heterocycles. The second-order valence-corrected chi connectivity index (χ2v) is 6.47. The van der Waals surface area contributed by atoms with Gasteiger partial charge in [-0.1, -0.05) is 6.07 Å². The van der Waals surface area contributed by atoms with Gasteiger partial charge in [0.25, 0.3) is 0 Å². The Morgan fingerprint density at radius 1 is 1.38 bits per heavy atom. The van der Waals surface area contributed by atoms with Crippen LogP contribution in [0.1, 0.15) is 22.7 Å². The molecule has 1 aromatic carbocycles. The van der Waals surface area contributed by atoms with E-state index in [-0.39, 0.29) is 11.9 Å². The summed E-state index contributed by atoms with van der Waals surface area (Å²) in [5, 5.41) is 2.05. The van der Waals surface area contributed by atoms with Crippen LogP contribution in [0.3, 0.4) is 0 Å². The van der Waals surface area contributed by atoms with Crippen molar-refractivity contribution in [1.29, 1.82) is 0 Å². The smallest absolute Gasteiger partial charge is 0.123 e. The predicted molar refractivity (Wildman–Crippen MR) is 74.2 cm³/mol. The number of benzene rings is 1. The van der Waals surface area contributed by atoms with Gasteiger partial charge in [0.15, 0.2) is 0 Å². The zero-order valence-corrected chi connectivity index (χ0v) is 11.7. The molecule has 1 heterocycles. The molecule has 0 saturated heterocycles. The van der Waals surface area contributed by atoms with Crippen LogP contribution in [0.4, 0.5) is 4.39 Å². The fraction of sp³-hybridized carbons (Fsp3) is 0.167. The van der Waals surface area contributed by atoms with Gasteiger partial charge in [0.1, 0.15) is 5.82 Å². The average molecular weight is 347 g/mol. The van der Waals surface area contributed by atoms with Crippen molar-refractivity contribution < 1.29 is 4.39 Å². The molecule has 16 heavy (non-hydrogen) atoms. The molecular formula is C12H11FINS.